The molecule has 0 atom stereocenters. The van der Waals surface area contributed by atoms with Crippen molar-refractivity contribution in [2.24, 2.45) is 0 Å². The number of hydrogen-bond donors (Lipinski definition) is 1. The Labute approximate surface area is 127 Å². The second-order valence-corrected chi connectivity index (χ2v) is 6.14. The summed E-state index contributed by atoms with van der Waals surface area (Å²) in [5, 5.41) is 10.7. The highest BCUT2D eigenvalue weighted by molar-refractivity contribution is 7.89. The maximum atomic E-state index is 12.3. The monoisotopic (exact) mass is 322 g/mol. The number of benzene rings is 2. The summed E-state index contributed by atoms with van der Waals surface area (Å²) in [6.07, 6.45) is 0. The highest BCUT2D eigenvalue weighted by Gasteiger charge is 2.21. The molecule has 0 aliphatic carbocycles. The fourth-order valence-corrected chi connectivity index (χ4v) is 3.01. The zero-order valence-corrected chi connectivity index (χ0v) is 12.5. The van der Waals surface area contributed by atoms with Crippen LogP contribution < -0.4 is 9.46 Å². The van der Waals surface area contributed by atoms with Crippen molar-refractivity contribution in [1.82, 2.24) is 4.72 Å². The van der Waals surface area contributed by atoms with Crippen LogP contribution in [0.2, 0.25) is 0 Å². The Kier molecular flexibility index (Phi) is 4.74. The second-order valence-electron chi connectivity index (χ2n) is 4.40. The molecule has 0 aliphatic heterocycles. The van der Waals surface area contributed by atoms with Crippen LogP contribution in [0.1, 0.15) is 5.56 Å². The minimum absolute atomic E-state index is 0.0743. The fourth-order valence-electron chi connectivity index (χ4n) is 1.84. The highest BCUT2D eigenvalue weighted by Crippen LogP contribution is 2.28. The molecule has 0 saturated carbocycles. The van der Waals surface area contributed by atoms with Gasteiger partial charge in [-0.25, -0.2) is 13.1 Å². The predicted octanol–water partition coefficient (Wildman–Crippen LogP) is 2.08. The molecule has 8 heteroatoms. The van der Waals surface area contributed by atoms with Crippen LogP contribution in [0.3, 0.4) is 0 Å². The quantitative estimate of drug-likeness (QED) is 0.648. The lowest BCUT2D eigenvalue weighted by atomic mass is 10.2. The minimum Gasteiger partial charge on any atom is -0.495 e. The summed E-state index contributed by atoms with van der Waals surface area (Å²) in [6, 6.07) is 12.4. The first-order valence-corrected chi connectivity index (χ1v) is 7.78. The van der Waals surface area contributed by atoms with E-state index in [1.807, 2.05) is 6.07 Å². The van der Waals surface area contributed by atoms with Gasteiger partial charge in [0.1, 0.15) is 10.6 Å². The smallest absolute Gasteiger partial charge is 0.273 e. The van der Waals surface area contributed by atoms with Crippen molar-refractivity contribution in [2.75, 3.05) is 7.11 Å². The SMILES string of the molecule is COc1cc([N+](=O)[O-])ccc1S(=O)(=O)NCc1ccccc1. The molecule has 2 rings (SSSR count). The Morgan fingerprint density at radius 3 is 2.45 bits per heavy atom. The summed E-state index contributed by atoms with van der Waals surface area (Å²) in [4.78, 5) is 9.97. The van der Waals surface area contributed by atoms with E-state index in [-0.39, 0.29) is 22.9 Å². The van der Waals surface area contributed by atoms with Crippen LogP contribution in [-0.4, -0.2) is 20.5 Å². The first-order valence-electron chi connectivity index (χ1n) is 6.30. The summed E-state index contributed by atoms with van der Waals surface area (Å²) in [7, 11) is -2.58. The van der Waals surface area contributed by atoms with Crippen molar-refractivity contribution >= 4 is 15.7 Å². The molecule has 0 aromatic heterocycles. The van der Waals surface area contributed by atoms with Crippen molar-refractivity contribution in [3.05, 3.63) is 64.2 Å². The molecule has 0 aliphatic rings. The molecule has 2 aromatic rings. The average Bonchev–Trinajstić information content (AvgIpc) is 2.53. The third-order valence-corrected chi connectivity index (χ3v) is 4.40. The van der Waals surface area contributed by atoms with Crippen LogP contribution in [0.4, 0.5) is 5.69 Å². The Hall–Kier alpha value is -2.45. The van der Waals surface area contributed by atoms with Gasteiger partial charge in [0.05, 0.1) is 18.1 Å². The Morgan fingerprint density at radius 1 is 1.18 bits per heavy atom. The number of sulfonamides is 1. The van der Waals surface area contributed by atoms with Crippen LogP contribution in [-0.2, 0) is 16.6 Å². The predicted molar refractivity (Wildman–Crippen MR) is 80.1 cm³/mol. The van der Waals surface area contributed by atoms with Gasteiger partial charge in [0.25, 0.3) is 5.69 Å². The van der Waals surface area contributed by atoms with Crippen LogP contribution >= 0.6 is 0 Å². The number of nitro groups is 1. The molecule has 0 heterocycles. The van der Waals surface area contributed by atoms with E-state index in [1.54, 1.807) is 24.3 Å². The van der Waals surface area contributed by atoms with Gasteiger partial charge in [-0.05, 0) is 11.6 Å². The number of ether oxygens (including phenoxy) is 1. The molecular formula is C14H14N2O5S. The molecule has 7 nitrogen and oxygen atoms in total. The maximum absolute atomic E-state index is 12.3. The van der Waals surface area contributed by atoms with Gasteiger partial charge in [0, 0.05) is 12.6 Å². The van der Waals surface area contributed by atoms with E-state index in [0.29, 0.717) is 0 Å². The topological polar surface area (TPSA) is 98.5 Å². The van der Waals surface area contributed by atoms with Crippen molar-refractivity contribution in [3.63, 3.8) is 0 Å². The van der Waals surface area contributed by atoms with Gasteiger partial charge in [0.2, 0.25) is 10.0 Å². The zero-order valence-electron chi connectivity index (χ0n) is 11.7. The normalized spacial score (nSPS) is 11.1. The molecule has 0 fully saturated rings. The molecule has 2 aromatic carbocycles. The first-order chi connectivity index (χ1) is 10.4. The number of rotatable bonds is 6. The minimum atomic E-state index is -3.84. The third kappa shape index (κ3) is 3.60. The Balaban J connectivity index is 2.27. The molecule has 0 amide bonds. The van der Waals surface area contributed by atoms with Crippen molar-refractivity contribution in [2.45, 2.75) is 11.4 Å². The van der Waals surface area contributed by atoms with Gasteiger partial charge in [0.15, 0.2) is 0 Å². The summed E-state index contributed by atoms with van der Waals surface area (Å²) in [5.41, 5.74) is 0.561. The number of non-ortho nitro benzene ring substituents is 1. The van der Waals surface area contributed by atoms with Crippen LogP contribution in [0, 0.1) is 10.1 Å². The van der Waals surface area contributed by atoms with Gasteiger partial charge in [-0.2, -0.15) is 0 Å². The zero-order chi connectivity index (χ0) is 16.2. The van der Waals surface area contributed by atoms with Crippen LogP contribution in [0.25, 0.3) is 0 Å². The third-order valence-electron chi connectivity index (χ3n) is 2.96. The first kappa shape index (κ1) is 15.9. The molecule has 1 N–H and O–H groups in total. The van der Waals surface area contributed by atoms with Crippen molar-refractivity contribution in [3.8, 4) is 5.75 Å². The van der Waals surface area contributed by atoms with Gasteiger partial charge >= 0.3 is 0 Å². The average molecular weight is 322 g/mol. The Morgan fingerprint density at radius 2 is 1.86 bits per heavy atom. The standard InChI is InChI=1S/C14H14N2O5S/c1-21-13-9-12(16(17)18)7-8-14(13)22(19,20)15-10-11-5-3-2-4-6-11/h2-9,15H,10H2,1H3. The number of nitrogens with zero attached hydrogens (tertiary/aromatic N) is 1. The van der Waals surface area contributed by atoms with E-state index in [0.717, 1.165) is 23.8 Å². The molecule has 0 saturated heterocycles. The fraction of sp³-hybridized carbons (Fsp3) is 0.143. The van der Waals surface area contributed by atoms with Gasteiger partial charge in [-0.3, -0.25) is 10.1 Å². The Bertz CT molecular complexity index is 775. The van der Waals surface area contributed by atoms with E-state index in [9.17, 15) is 18.5 Å². The lowest BCUT2D eigenvalue weighted by Crippen LogP contribution is -2.23. The number of hydrogen-bond acceptors (Lipinski definition) is 5. The van der Waals surface area contributed by atoms with Crippen molar-refractivity contribution in [1.29, 1.82) is 0 Å². The van der Waals surface area contributed by atoms with E-state index in [4.69, 9.17) is 4.74 Å². The van der Waals surface area contributed by atoms with E-state index in [1.165, 1.54) is 7.11 Å². The molecule has 0 unspecified atom stereocenters. The van der Waals surface area contributed by atoms with Crippen molar-refractivity contribution < 1.29 is 18.1 Å². The van der Waals surface area contributed by atoms with E-state index in [2.05, 4.69) is 4.72 Å². The summed E-state index contributed by atoms with van der Waals surface area (Å²) in [6.45, 7) is 0.114. The van der Waals surface area contributed by atoms with Gasteiger partial charge in [-0.15, -0.1) is 0 Å². The molecule has 0 spiro atoms. The molecule has 0 bridgehead atoms. The van der Waals surface area contributed by atoms with Crippen LogP contribution in [0.5, 0.6) is 5.75 Å². The summed E-state index contributed by atoms with van der Waals surface area (Å²) >= 11 is 0. The lowest BCUT2D eigenvalue weighted by Gasteiger charge is -2.10. The molecule has 22 heavy (non-hydrogen) atoms. The van der Waals surface area contributed by atoms with E-state index < -0.39 is 14.9 Å². The molecule has 0 radical (unpaired) electrons. The largest absolute Gasteiger partial charge is 0.495 e. The molecule has 116 valence electrons. The molecular weight excluding hydrogens is 308 g/mol. The second kappa shape index (κ2) is 6.54. The number of nitro benzene ring substituents is 1. The van der Waals surface area contributed by atoms with E-state index >= 15 is 0 Å². The summed E-state index contributed by atoms with van der Waals surface area (Å²) < 4.78 is 32.0. The highest BCUT2D eigenvalue weighted by atomic mass is 32.2. The van der Waals surface area contributed by atoms with Gasteiger partial charge in [-0.1, -0.05) is 30.3 Å². The van der Waals surface area contributed by atoms with Crippen LogP contribution in [0.15, 0.2) is 53.4 Å². The van der Waals surface area contributed by atoms with Gasteiger partial charge < -0.3 is 4.74 Å². The maximum Gasteiger partial charge on any atom is 0.273 e. The summed E-state index contributed by atoms with van der Waals surface area (Å²) in [5.74, 6) is -0.0743. The lowest BCUT2D eigenvalue weighted by molar-refractivity contribution is -0.385. The number of nitrogens with one attached hydrogen (secondary N) is 1. The number of methoxy groups -OCH3 is 1.